The highest BCUT2D eigenvalue weighted by Gasteiger charge is 2.09. The second-order valence-corrected chi connectivity index (χ2v) is 6.68. The van der Waals surface area contributed by atoms with E-state index in [4.69, 9.17) is 0 Å². The zero-order valence-electron chi connectivity index (χ0n) is 13.3. The maximum Gasteiger partial charge on any atom is 0.287 e. The molecule has 2 aromatic rings. The van der Waals surface area contributed by atoms with Gasteiger partial charge in [-0.1, -0.05) is 13.8 Å². The Hall–Kier alpha value is -1.82. The lowest BCUT2D eigenvalue weighted by Gasteiger charge is -2.11. The summed E-state index contributed by atoms with van der Waals surface area (Å²) in [5.74, 6) is 0.318. The normalized spacial score (nSPS) is 11.5. The van der Waals surface area contributed by atoms with Crippen LogP contribution in [0.15, 0.2) is 27.9 Å². The molecule has 2 rings (SSSR count). The molecule has 0 aliphatic rings. The van der Waals surface area contributed by atoms with Crippen LogP contribution in [0.4, 0.5) is 0 Å². The number of aryl methyl sites for hydroxylation is 1. The Kier molecular flexibility index (Phi) is 5.24. The molecule has 0 saturated carbocycles. The largest absolute Gasteiger partial charge is 0.356 e. The van der Waals surface area contributed by atoms with Crippen molar-refractivity contribution >= 4 is 28.1 Å². The number of halogens is 1. The van der Waals surface area contributed by atoms with Crippen LogP contribution in [0.5, 0.6) is 0 Å². The van der Waals surface area contributed by atoms with Gasteiger partial charge in [0.2, 0.25) is 0 Å². The molecule has 5 nitrogen and oxygen atoms in total. The van der Waals surface area contributed by atoms with E-state index in [1.165, 1.54) is 5.69 Å². The first kappa shape index (κ1) is 16.5. The topological polar surface area (TPSA) is 62.2 Å². The first-order valence-electron chi connectivity index (χ1n) is 7.22. The number of aromatic amines is 1. The number of H-pyrrole nitrogens is 1. The van der Waals surface area contributed by atoms with E-state index < -0.39 is 0 Å². The van der Waals surface area contributed by atoms with Gasteiger partial charge in [0, 0.05) is 34.2 Å². The Morgan fingerprint density at radius 3 is 2.77 bits per heavy atom. The Bertz CT molecular complexity index is 697. The van der Waals surface area contributed by atoms with Gasteiger partial charge in [0.25, 0.3) is 5.91 Å². The zero-order valence-corrected chi connectivity index (χ0v) is 14.9. The van der Waals surface area contributed by atoms with E-state index in [1.807, 2.05) is 0 Å². The van der Waals surface area contributed by atoms with Crippen LogP contribution >= 0.6 is 15.9 Å². The van der Waals surface area contributed by atoms with Crippen LogP contribution in [-0.4, -0.2) is 21.7 Å². The van der Waals surface area contributed by atoms with Gasteiger partial charge in [-0.15, -0.1) is 0 Å². The van der Waals surface area contributed by atoms with Gasteiger partial charge >= 0.3 is 0 Å². The molecule has 0 saturated heterocycles. The molecule has 0 aromatic carbocycles. The van der Waals surface area contributed by atoms with E-state index in [2.05, 4.69) is 69.8 Å². The lowest BCUT2D eigenvalue weighted by Crippen LogP contribution is -2.17. The van der Waals surface area contributed by atoms with Crippen molar-refractivity contribution in [2.75, 3.05) is 0 Å². The number of carbonyl (C=O) groups is 1. The molecule has 0 aliphatic carbocycles. The van der Waals surface area contributed by atoms with Gasteiger partial charge in [-0.25, -0.2) is 5.43 Å². The van der Waals surface area contributed by atoms with Gasteiger partial charge < -0.3 is 9.55 Å². The second kappa shape index (κ2) is 6.96. The van der Waals surface area contributed by atoms with Gasteiger partial charge in [-0.2, -0.15) is 5.10 Å². The number of hydrogen-bond acceptors (Lipinski definition) is 2. The lowest BCUT2D eigenvalue weighted by molar-refractivity contribution is 0.0951. The quantitative estimate of drug-likeness (QED) is 0.617. The average molecular weight is 365 g/mol. The molecule has 0 bridgehead atoms. The number of hydrazone groups is 1. The van der Waals surface area contributed by atoms with Crippen LogP contribution in [0.1, 0.15) is 41.3 Å². The molecule has 0 unspecified atom stereocenters. The van der Waals surface area contributed by atoms with E-state index in [0.717, 1.165) is 22.3 Å². The first-order valence-corrected chi connectivity index (χ1v) is 8.02. The number of nitrogens with one attached hydrogen (secondary N) is 2. The monoisotopic (exact) mass is 364 g/mol. The standard InChI is InChI=1S/C16H21BrN4O/c1-10(2)9-21-11(3)5-13(12(21)4)7-19-20-16(22)15-6-14(17)8-18-15/h5-8,10,18H,9H2,1-4H3,(H,20,22)/b19-7-. The van der Waals surface area contributed by atoms with E-state index in [-0.39, 0.29) is 5.91 Å². The highest BCUT2D eigenvalue weighted by Crippen LogP contribution is 2.15. The summed E-state index contributed by atoms with van der Waals surface area (Å²) in [7, 11) is 0. The van der Waals surface area contributed by atoms with E-state index in [0.29, 0.717) is 11.6 Å². The smallest absolute Gasteiger partial charge is 0.287 e. The van der Waals surface area contributed by atoms with Gasteiger partial charge in [0.05, 0.1) is 6.21 Å². The molecular weight excluding hydrogens is 344 g/mol. The van der Waals surface area contributed by atoms with Crippen molar-refractivity contribution in [3.05, 3.63) is 45.4 Å². The average Bonchev–Trinajstić information content (AvgIpc) is 2.98. The number of hydrogen-bond donors (Lipinski definition) is 2. The van der Waals surface area contributed by atoms with Crippen LogP contribution in [0.3, 0.4) is 0 Å². The zero-order chi connectivity index (χ0) is 16.3. The molecule has 0 radical (unpaired) electrons. The molecule has 22 heavy (non-hydrogen) atoms. The maximum atomic E-state index is 11.9. The fourth-order valence-corrected chi connectivity index (χ4v) is 2.67. The number of aromatic nitrogens is 2. The summed E-state index contributed by atoms with van der Waals surface area (Å²) in [6.07, 6.45) is 3.40. The summed E-state index contributed by atoms with van der Waals surface area (Å²) in [6.45, 7) is 9.53. The Labute approximate surface area is 138 Å². The third kappa shape index (κ3) is 3.88. The lowest BCUT2D eigenvalue weighted by atomic mass is 10.2. The first-order chi connectivity index (χ1) is 10.4. The minimum absolute atomic E-state index is 0.266. The van der Waals surface area contributed by atoms with Crippen molar-refractivity contribution in [3.63, 3.8) is 0 Å². The van der Waals surface area contributed by atoms with Crippen molar-refractivity contribution < 1.29 is 4.79 Å². The predicted octanol–water partition coefficient (Wildman–Crippen LogP) is 3.62. The second-order valence-electron chi connectivity index (χ2n) is 5.76. The fraction of sp³-hybridized carbons (Fsp3) is 0.375. The Morgan fingerprint density at radius 1 is 1.45 bits per heavy atom. The Balaban J connectivity index is 2.06. The highest BCUT2D eigenvalue weighted by molar-refractivity contribution is 9.10. The van der Waals surface area contributed by atoms with Gasteiger partial charge in [0.1, 0.15) is 5.69 Å². The molecule has 1 amide bonds. The van der Waals surface area contributed by atoms with E-state index >= 15 is 0 Å². The van der Waals surface area contributed by atoms with Crippen LogP contribution < -0.4 is 5.43 Å². The summed E-state index contributed by atoms with van der Waals surface area (Å²) >= 11 is 3.29. The fourth-order valence-electron chi connectivity index (χ4n) is 2.32. The maximum absolute atomic E-state index is 11.9. The van der Waals surface area contributed by atoms with Crippen molar-refractivity contribution in [2.24, 2.45) is 11.0 Å². The van der Waals surface area contributed by atoms with Crippen molar-refractivity contribution in [1.82, 2.24) is 15.0 Å². The van der Waals surface area contributed by atoms with Crippen molar-refractivity contribution in [1.29, 1.82) is 0 Å². The van der Waals surface area contributed by atoms with Gasteiger partial charge in [0.15, 0.2) is 0 Å². The molecule has 6 heteroatoms. The third-order valence-electron chi connectivity index (χ3n) is 3.42. The van der Waals surface area contributed by atoms with Crippen LogP contribution in [-0.2, 0) is 6.54 Å². The Morgan fingerprint density at radius 2 is 2.18 bits per heavy atom. The molecule has 0 spiro atoms. The molecule has 0 aliphatic heterocycles. The molecule has 2 aromatic heterocycles. The van der Waals surface area contributed by atoms with Crippen LogP contribution in [0, 0.1) is 19.8 Å². The summed E-state index contributed by atoms with van der Waals surface area (Å²) < 4.78 is 3.11. The molecule has 2 heterocycles. The van der Waals surface area contributed by atoms with Crippen molar-refractivity contribution in [2.45, 2.75) is 34.2 Å². The highest BCUT2D eigenvalue weighted by atomic mass is 79.9. The molecule has 118 valence electrons. The number of nitrogens with zero attached hydrogens (tertiary/aromatic N) is 2. The van der Waals surface area contributed by atoms with Gasteiger partial charge in [-0.3, -0.25) is 4.79 Å². The number of carbonyl (C=O) groups excluding carboxylic acids is 1. The van der Waals surface area contributed by atoms with Crippen LogP contribution in [0.2, 0.25) is 0 Å². The van der Waals surface area contributed by atoms with E-state index in [9.17, 15) is 4.79 Å². The number of amides is 1. The summed E-state index contributed by atoms with van der Waals surface area (Å²) in [6, 6.07) is 3.79. The van der Waals surface area contributed by atoms with Gasteiger partial charge in [-0.05, 0) is 47.8 Å². The molecular formula is C16H21BrN4O. The van der Waals surface area contributed by atoms with E-state index in [1.54, 1.807) is 18.5 Å². The number of rotatable bonds is 5. The minimum atomic E-state index is -0.266. The molecule has 0 atom stereocenters. The third-order valence-corrected chi connectivity index (χ3v) is 3.88. The van der Waals surface area contributed by atoms with Crippen molar-refractivity contribution in [3.8, 4) is 0 Å². The molecule has 0 fully saturated rings. The van der Waals surface area contributed by atoms with Crippen LogP contribution in [0.25, 0.3) is 0 Å². The SMILES string of the molecule is Cc1cc(/C=N\NC(=O)c2cc(Br)c[nH]2)c(C)n1CC(C)C. The summed E-state index contributed by atoms with van der Waals surface area (Å²) in [5, 5.41) is 4.05. The summed E-state index contributed by atoms with van der Waals surface area (Å²) in [5.41, 5.74) is 6.37. The minimum Gasteiger partial charge on any atom is -0.356 e. The molecule has 2 N–H and O–H groups in total. The summed E-state index contributed by atoms with van der Waals surface area (Å²) in [4.78, 5) is 14.7. The predicted molar refractivity (Wildman–Crippen MR) is 92.3 cm³/mol.